The van der Waals surface area contributed by atoms with Crippen LogP contribution in [0.2, 0.25) is 0 Å². The number of piperidine rings is 1. The number of nitrogens with zero attached hydrogens (tertiary/aromatic N) is 2. The van der Waals surface area contributed by atoms with Gasteiger partial charge in [-0.15, -0.1) is 0 Å². The average Bonchev–Trinajstić information content (AvgIpc) is 2.42. The van der Waals surface area contributed by atoms with Crippen LogP contribution < -0.4 is 10.6 Å². The summed E-state index contributed by atoms with van der Waals surface area (Å²) >= 11 is 6.55. The summed E-state index contributed by atoms with van der Waals surface area (Å²) in [6.07, 6.45) is 4.12. The quantitative estimate of drug-likeness (QED) is 0.831. The maximum absolute atomic E-state index is 12.5. The van der Waals surface area contributed by atoms with Gasteiger partial charge in [-0.25, -0.2) is 9.97 Å². The number of halogens is 2. The molecule has 104 valence electrons. The van der Waals surface area contributed by atoms with Crippen molar-refractivity contribution in [3.63, 3.8) is 0 Å². The summed E-state index contributed by atoms with van der Waals surface area (Å²) in [4.78, 5) is 20.9. The summed E-state index contributed by atoms with van der Waals surface area (Å²) in [6.45, 7) is 3.83. The number of carbonyl (C=O) groups excluding carboxylic acids is 1. The second-order valence-electron chi connectivity index (χ2n) is 4.67. The van der Waals surface area contributed by atoms with Crippen LogP contribution in [0.5, 0.6) is 0 Å². The highest BCUT2D eigenvalue weighted by Gasteiger charge is 2.38. The summed E-state index contributed by atoms with van der Waals surface area (Å²) < 4.78 is 1.17. The third-order valence-corrected chi connectivity index (χ3v) is 4.59. The SMILES string of the molecule is CCC1(C(=O)Nc2ncc(Br)nc2Br)CCNCC1. The van der Waals surface area contributed by atoms with Gasteiger partial charge in [0.25, 0.3) is 0 Å². The molecule has 2 heterocycles. The Kier molecular flexibility index (Phi) is 4.92. The summed E-state index contributed by atoms with van der Waals surface area (Å²) in [7, 11) is 0. The van der Waals surface area contributed by atoms with Gasteiger partial charge in [0.05, 0.1) is 11.6 Å². The minimum absolute atomic E-state index is 0.0359. The van der Waals surface area contributed by atoms with Gasteiger partial charge in [-0.1, -0.05) is 6.92 Å². The fraction of sp³-hybridized carbons (Fsp3) is 0.583. The minimum Gasteiger partial charge on any atom is -0.317 e. The molecule has 0 bridgehead atoms. The van der Waals surface area contributed by atoms with E-state index in [0.29, 0.717) is 15.0 Å². The molecule has 5 nitrogen and oxygen atoms in total. The lowest BCUT2D eigenvalue weighted by Crippen LogP contribution is -2.44. The topological polar surface area (TPSA) is 66.9 Å². The van der Waals surface area contributed by atoms with Crippen LogP contribution in [0.1, 0.15) is 26.2 Å². The molecule has 0 atom stereocenters. The van der Waals surface area contributed by atoms with Gasteiger partial charge in [-0.3, -0.25) is 4.79 Å². The number of aromatic nitrogens is 2. The van der Waals surface area contributed by atoms with Crippen LogP contribution in [0.15, 0.2) is 15.4 Å². The number of carbonyl (C=O) groups is 1. The third kappa shape index (κ3) is 3.32. The van der Waals surface area contributed by atoms with Crippen LogP contribution >= 0.6 is 31.9 Å². The van der Waals surface area contributed by atoms with Gasteiger partial charge in [0.15, 0.2) is 5.82 Å². The van der Waals surface area contributed by atoms with E-state index < -0.39 is 0 Å². The molecule has 0 unspecified atom stereocenters. The van der Waals surface area contributed by atoms with Gasteiger partial charge in [0.2, 0.25) is 5.91 Å². The zero-order chi connectivity index (χ0) is 13.9. The van der Waals surface area contributed by atoms with Crippen molar-refractivity contribution in [2.45, 2.75) is 26.2 Å². The van der Waals surface area contributed by atoms with Gasteiger partial charge in [0.1, 0.15) is 9.21 Å². The van der Waals surface area contributed by atoms with E-state index in [1.807, 2.05) is 0 Å². The Morgan fingerprint density at radius 1 is 1.47 bits per heavy atom. The van der Waals surface area contributed by atoms with Crippen molar-refractivity contribution in [2.75, 3.05) is 18.4 Å². The Balaban J connectivity index is 2.15. The maximum Gasteiger partial charge on any atom is 0.231 e. The first kappa shape index (κ1) is 14.9. The molecule has 2 N–H and O–H groups in total. The molecular formula is C12H16Br2N4O. The average molecular weight is 392 g/mol. The molecule has 7 heteroatoms. The molecule has 1 aliphatic heterocycles. The number of amides is 1. The number of hydrogen-bond donors (Lipinski definition) is 2. The highest BCUT2D eigenvalue weighted by Crippen LogP contribution is 2.34. The smallest absolute Gasteiger partial charge is 0.231 e. The third-order valence-electron chi connectivity index (χ3n) is 3.65. The Morgan fingerprint density at radius 2 is 2.16 bits per heavy atom. The lowest BCUT2D eigenvalue weighted by Gasteiger charge is -2.35. The standard InChI is InChI=1S/C12H16Br2N4O/c1-2-12(3-5-15-6-4-12)11(19)18-10-9(14)17-8(13)7-16-10/h7,15H,2-6H2,1H3,(H,16,18,19). The van der Waals surface area contributed by atoms with Crippen LogP contribution in [-0.2, 0) is 4.79 Å². The lowest BCUT2D eigenvalue weighted by atomic mass is 9.76. The number of rotatable bonds is 3. The minimum atomic E-state index is -0.292. The molecule has 0 spiro atoms. The molecule has 1 aromatic heterocycles. The normalized spacial score (nSPS) is 18.1. The molecule has 1 amide bonds. The molecule has 0 aliphatic carbocycles. The van der Waals surface area contributed by atoms with Crippen molar-refractivity contribution in [3.8, 4) is 0 Å². The predicted octanol–water partition coefficient (Wildman–Crippen LogP) is 2.72. The zero-order valence-corrected chi connectivity index (χ0v) is 13.8. The van der Waals surface area contributed by atoms with Crippen LogP contribution in [0, 0.1) is 5.41 Å². The van der Waals surface area contributed by atoms with Gasteiger partial charge in [-0.2, -0.15) is 0 Å². The van der Waals surface area contributed by atoms with E-state index in [9.17, 15) is 4.79 Å². The molecule has 0 radical (unpaired) electrons. The fourth-order valence-corrected chi connectivity index (χ4v) is 3.23. The molecule has 19 heavy (non-hydrogen) atoms. The van der Waals surface area contributed by atoms with E-state index in [1.165, 1.54) is 0 Å². The van der Waals surface area contributed by atoms with Crippen molar-refractivity contribution >= 4 is 43.6 Å². The Morgan fingerprint density at radius 3 is 2.74 bits per heavy atom. The largest absolute Gasteiger partial charge is 0.317 e. The first-order chi connectivity index (χ1) is 9.07. The fourth-order valence-electron chi connectivity index (χ4n) is 2.32. The van der Waals surface area contributed by atoms with Crippen molar-refractivity contribution in [1.82, 2.24) is 15.3 Å². The van der Waals surface area contributed by atoms with Crippen LogP contribution in [-0.4, -0.2) is 29.0 Å². The zero-order valence-electron chi connectivity index (χ0n) is 10.7. The molecule has 1 fully saturated rings. The van der Waals surface area contributed by atoms with E-state index >= 15 is 0 Å². The monoisotopic (exact) mass is 390 g/mol. The van der Waals surface area contributed by atoms with Crippen molar-refractivity contribution < 1.29 is 4.79 Å². The van der Waals surface area contributed by atoms with Gasteiger partial charge in [0, 0.05) is 0 Å². The van der Waals surface area contributed by atoms with E-state index in [0.717, 1.165) is 32.4 Å². The molecule has 2 rings (SSSR count). The molecule has 1 saturated heterocycles. The van der Waals surface area contributed by atoms with Crippen LogP contribution in [0.25, 0.3) is 0 Å². The maximum atomic E-state index is 12.5. The first-order valence-electron chi connectivity index (χ1n) is 6.27. The van der Waals surface area contributed by atoms with E-state index in [1.54, 1.807) is 6.20 Å². The van der Waals surface area contributed by atoms with Crippen LogP contribution in [0.3, 0.4) is 0 Å². The van der Waals surface area contributed by atoms with Gasteiger partial charge in [-0.05, 0) is 64.2 Å². The Hall–Kier alpha value is -0.530. The number of anilines is 1. The number of nitrogens with one attached hydrogen (secondary N) is 2. The Bertz CT molecular complexity index is 475. The summed E-state index contributed by atoms with van der Waals surface area (Å²) in [5.74, 6) is 0.508. The lowest BCUT2D eigenvalue weighted by molar-refractivity contribution is -0.127. The molecule has 1 aromatic rings. The van der Waals surface area contributed by atoms with Gasteiger partial charge < -0.3 is 10.6 Å². The number of hydrogen-bond acceptors (Lipinski definition) is 4. The summed E-state index contributed by atoms with van der Waals surface area (Å²) in [5.41, 5.74) is -0.292. The second kappa shape index (κ2) is 6.28. The molecule has 1 aliphatic rings. The van der Waals surface area contributed by atoms with Crippen LogP contribution in [0.4, 0.5) is 5.82 Å². The van der Waals surface area contributed by atoms with E-state index in [4.69, 9.17) is 0 Å². The highest BCUT2D eigenvalue weighted by molar-refractivity contribution is 9.11. The first-order valence-corrected chi connectivity index (χ1v) is 7.86. The highest BCUT2D eigenvalue weighted by atomic mass is 79.9. The Labute approximate surface area is 129 Å². The van der Waals surface area contributed by atoms with E-state index in [-0.39, 0.29) is 11.3 Å². The summed E-state index contributed by atoms with van der Waals surface area (Å²) in [6, 6.07) is 0. The van der Waals surface area contributed by atoms with Crippen molar-refractivity contribution in [1.29, 1.82) is 0 Å². The van der Waals surface area contributed by atoms with E-state index in [2.05, 4.69) is 59.4 Å². The molecule has 0 saturated carbocycles. The summed E-state index contributed by atoms with van der Waals surface area (Å²) in [5, 5.41) is 6.18. The van der Waals surface area contributed by atoms with Gasteiger partial charge >= 0.3 is 0 Å². The van der Waals surface area contributed by atoms with Crippen molar-refractivity contribution in [3.05, 3.63) is 15.4 Å². The predicted molar refractivity (Wildman–Crippen MR) is 80.9 cm³/mol. The second-order valence-corrected chi connectivity index (χ2v) is 6.23. The molecular weight excluding hydrogens is 376 g/mol. The van der Waals surface area contributed by atoms with Crippen molar-refractivity contribution in [2.24, 2.45) is 5.41 Å². The molecule has 0 aromatic carbocycles.